The maximum Gasteiger partial charge on any atom is 0.303 e. The van der Waals surface area contributed by atoms with E-state index in [-0.39, 0.29) is 6.42 Å². The Labute approximate surface area is 79.5 Å². The van der Waals surface area contributed by atoms with E-state index in [9.17, 15) is 4.79 Å². The van der Waals surface area contributed by atoms with Crippen LogP contribution in [0.2, 0.25) is 0 Å². The quantitative estimate of drug-likeness (QED) is 0.461. The van der Waals surface area contributed by atoms with Crippen LogP contribution >= 0.6 is 0 Å². The zero-order valence-electron chi connectivity index (χ0n) is 8.10. The van der Waals surface area contributed by atoms with E-state index in [1.165, 1.54) is 0 Å². The average molecular weight is 183 g/mol. The van der Waals surface area contributed by atoms with E-state index in [1.54, 1.807) is 0 Å². The molecule has 0 aromatic carbocycles. The van der Waals surface area contributed by atoms with Crippen LogP contribution in [0.5, 0.6) is 0 Å². The number of unbranched alkanes of at least 4 members (excludes halogenated alkanes) is 2. The van der Waals surface area contributed by atoms with E-state index in [0.29, 0.717) is 0 Å². The van der Waals surface area contributed by atoms with E-state index < -0.39 is 5.97 Å². The number of carboxylic acids is 1. The van der Waals surface area contributed by atoms with Gasteiger partial charge in [0.25, 0.3) is 0 Å². The van der Waals surface area contributed by atoms with Crippen LogP contribution in [0, 0.1) is 11.8 Å². The minimum Gasteiger partial charge on any atom is -0.481 e. The molecule has 0 atom stereocenters. The van der Waals surface area contributed by atoms with Crippen molar-refractivity contribution in [3.05, 3.63) is 0 Å². The molecule has 0 bridgehead atoms. The van der Waals surface area contributed by atoms with Gasteiger partial charge in [0, 0.05) is 6.42 Å². The molecule has 3 nitrogen and oxygen atoms in total. The van der Waals surface area contributed by atoms with Crippen molar-refractivity contribution in [3.63, 3.8) is 0 Å². The molecule has 0 aliphatic heterocycles. The zero-order valence-corrected chi connectivity index (χ0v) is 8.10. The van der Waals surface area contributed by atoms with Crippen molar-refractivity contribution >= 4 is 5.97 Å². The maximum atomic E-state index is 10.1. The van der Waals surface area contributed by atoms with E-state index in [1.807, 2.05) is 6.92 Å². The van der Waals surface area contributed by atoms with Crippen LogP contribution in [0.25, 0.3) is 0 Å². The van der Waals surface area contributed by atoms with E-state index in [0.717, 1.165) is 32.4 Å². The summed E-state index contributed by atoms with van der Waals surface area (Å²) in [5, 5.41) is 11.5. The summed E-state index contributed by atoms with van der Waals surface area (Å²) < 4.78 is 0. The van der Waals surface area contributed by atoms with Gasteiger partial charge >= 0.3 is 5.97 Å². The summed E-state index contributed by atoms with van der Waals surface area (Å²) in [4.78, 5) is 10.1. The summed E-state index contributed by atoms with van der Waals surface area (Å²) in [6.45, 7) is 3.47. The van der Waals surface area contributed by atoms with Gasteiger partial charge in [-0.05, 0) is 26.3 Å². The van der Waals surface area contributed by atoms with Crippen molar-refractivity contribution in [1.82, 2.24) is 5.32 Å². The first-order valence-electron chi connectivity index (χ1n) is 4.59. The molecule has 0 aromatic heterocycles. The summed E-state index contributed by atoms with van der Waals surface area (Å²) in [5.41, 5.74) is 0. The predicted molar refractivity (Wildman–Crippen MR) is 52.4 cm³/mol. The van der Waals surface area contributed by atoms with Crippen molar-refractivity contribution in [3.8, 4) is 11.8 Å². The largest absolute Gasteiger partial charge is 0.481 e. The first-order chi connectivity index (χ1) is 6.27. The first kappa shape index (κ1) is 12.0. The smallest absolute Gasteiger partial charge is 0.303 e. The predicted octanol–water partition coefficient (Wildman–Crippen LogP) is 1.24. The summed E-state index contributed by atoms with van der Waals surface area (Å²) in [6, 6.07) is 0. The van der Waals surface area contributed by atoms with Crippen LogP contribution in [-0.4, -0.2) is 24.2 Å². The van der Waals surface area contributed by atoms with Crippen LogP contribution in [0.3, 0.4) is 0 Å². The summed E-state index contributed by atoms with van der Waals surface area (Å²) >= 11 is 0. The molecular weight excluding hydrogens is 166 g/mol. The van der Waals surface area contributed by atoms with Gasteiger partial charge in [-0.25, -0.2) is 0 Å². The lowest BCUT2D eigenvalue weighted by molar-refractivity contribution is -0.137. The van der Waals surface area contributed by atoms with Crippen molar-refractivity contribution < 1.29 is 9.90 Å². The third-order valence-electron chi connectivity index (χ3n) is 1.63. The molecule has 2 N–H and O–H groups in total. The first-order valence-corrected chi connectivity index (χ1v) is 4.59. The highest BCUT2D eigenvalue weighted by Gasteiger charge is 1.95. The molecule has 0 radical (unpaired) electrons. The summed E-state index contributed by atoms with van der Waals surface area (Å²) in [7, 11) is 0. The Hall–Kier alpha value is -1.01. The van der Waals surface area contributed by atoms with Crippen LogP contribution < -0.4 is 5.32 Å². The second kappa shape index (κ2) is 9.08. The fraction of sp³-hybridized carbons (Fsp3) is 0.700. The van der Waals surface area contributed by atoms with Gasteiger partial charge in [0.15, 0.2) is 0 Å². The Morgan fingerprint density at radius 2 is 2.15 bits per heavy atom. The Bertz CT molecular complexity index is 191. The van der Waals surface area contributed by atoms with Gasteiger partial charge in [-0.3, -0.25) is 4.79 Å². The molecular formula is C10H17NO2. The van der Waals surface area contributed by atoms with E-state index in [4.69, 9.17) is 5.11 Å². The lowest BCUT2D eigenvalue weighted by atomic mass is 10.2. The third kappa shape index (κ3) is 11.0. The molecule has 0 unspecified atom stereocenters. The minimum absolute atomic E-state index is 0.286. The number of carbonyl (C=O) groups is 1. The number of aliphatic carboxylic acids is 1. The number of hydrogen-bond acceptors (Lipinski definition) is 2. The lowest BCUT2D eigenvalue weighted by Gasteiger charge is -1.99. The van der Waals surface area contributed by atoms with Gasteiger partial charge < -0.3 is 10.4 Å². The lowest BCUT2D eigenvalue weighted by Crippen LogP contribution is -2.15. The van der Waals surface area contributed by atoms with Crippen molar-refractivity contribution in [1.29, 1.82) is 0 Å². The van der Waals surface area contributed by atoms with Crippen LogP contribution in [-0.2, 0) is 4.79 Å². The van der Waals surface area contributed by atoms with Gasteiger partial charge in [0.2, 0.25) is 0 Å². The Balaban J connectivity index is 2.98. The number of nitrogens with one attached hydrogen (secondary N) is 1. The molecule has 0 aliphatic carbocycles. The van der Waals surface area contributed by atoms with Gasteiger partial charge in [0.05, 0.1) is 6.54 Å². The molecule has 13 heavy (non-hydrogen) atoms. The van der Waals surface area contributed by atoms with Gasteiger partial charge in [-0.15, -0.1) is 5.92 Å². The van der Waals surface area contributed by atoms with Crippen LogP contribution in [0.1, 0.15) is 32.6 Å². The van der Waals surface area contributed by atoms with Crippen LogP contribution in [0.15, 0.2) is 0 Å². The van der Waals surface area contributed by atoms with Crippen molar-refractivity contribution in [2.75, 3.05) is 13.1 Å². The maximum absolute atomic E-state index is 10.1. The second-order valence-electron chi connectivity index (χ2n) is 2.81. The molecule has 0 rings (SSSR count). The van der Waals surface area contributed by atoms with Crippen molar-refractivity contribution in [2.24, 2.45) is 0 Å². The highest BCUT2D eigenvalue weighted by molar-refractivity contribution is 5.66. The second-order valence-corrected chi connectivity index (χ2v) is 2.81. The fourth-order valence-corrected chi connectivity index (χ4v) is 0.942. The average Bonchev–Trinajstić information content (AvgIpc) is 2.09. The Kier molecular flexibility index (Phi) is 8.38. The van der Waals surface area contributed by atoms with E-state index in [2.05, 4.69) is 17.2 Å². The standard InChI is InChI=1S/C10H17NO2/c1-2-3-8-11-9-6-4-5-7-10(12)13/h11H,4-9H2,1H3,(H,12,13). The number of rotatable bonds is 7. The molecule has 0 saturated heterocycles. The van der Waals surface area contributed by atoms with E-state index >= 15 is 0 Å². The van der Waals surface area contributed by atoms with Crippen molar-refractivity contribution in [2.45, 2.75) is 32.6 Å². The molecule has 0 saturated carbocycles. The molecule has 74 valence electrons. The monoisotopic (exact) mass is 183 g/mol. The molecule has 0 aromatic rings. The van der Waals surface area contributed by atoms with Gasteiger partial charge in [-0.2, -0.15) is 0 Å². The summed E-state index contributed by atoms with van der Waals surface area (Å²) in [5.74, 6) is 4.99. The molecule has 3 heteroatoms. The Morgan fingerprint density at radius 3 is 2.77 bits per heavy atom. The molecule has 0 fully saturated rings. The topological polar surface area (TPSA) is 49.3 Å². The minimum atomic E-state index is -0.704. The fourth-order valence-electron chi connectivity index (χ4n) is 0.942. The van der Waals surface area contributed by atoms with Gasteiger partial charge in [-0.1, -0.05) is 12.3 Å². The third-order valence-corrected chi connectivity index (χ3v) is 1.63. The molecule has 0 aliphatic rings. The zero-order chi connectivity index (χ0) is 9.94. The van der Waals surface area contributed by atoms with Gasteiger partial charge in [0.1, 0.15) is 0 Å². The SMILES string of the molecule is CC#CCNCCCCCC(=O)O. The highest BCUT2D eigenvalue weighted by atomic mass is 16.4. The Morgan fingerprint density at radius 1 is 1.38 bits per heavy atom. The molecule has 0 amide bonds. The summed E-state index contributed by atoms with van der Waals surface area (Å²) in [6.07, 6.45) is 3.06. The highest BCUT2D eigenvalue weighted by Crippen LogP contribution is 1.98. The van der Waals surface area contributed by atoms with Crippen LogP contribution in [0.4, 0.5) is 0 Å². The normalized spacial score (nSPS) is 9.00. The molecule has 0 heterocycles. The number of carboxylic acid groups (broad SMARTS) is 1. The number of hydrogen-bond donors (Lipinski definition) is 2. The molecule has 0 spiro atoms.